The molecule has 7 heteroatoms. The maximum absolute atomic E-state index is 13.1. The average molecular weight is 379 g/mol. The Balaban J connectivity index is 1.61. The molecule has 0 radical (unpaired) electrons. The van der Waals surface area contributed by atoms with Crippen LogP contribution in [0.2, 0.25) is 0 Å². The third-order valence-electron chi connectivity index (χ3n) is 5.48. The minimum atomic E-state index is -0.999. The summed E-state index contributed by atoms with van der Waals surface area (Å²) in [4.78, 5) is 43.3. The van der Waals surface area contributed by atoms with Gasteiger partial charge in [-0.25, -0.2) is 4.79 Å². The Kier molecular flexibility index (Phi) is 4.81. The molecule has 3 heterocycles. The molecule has 0 saturated carbocycles. The second-order valence-corrected chi connectivity index (χ2v) is 7.18. The van der Waals surface area contributed by atoms with Crippen LogP contribution >= 0.6 is 0 Å². The lowest BCUT2D eigenvalue weighted by Crippen LogP contribution is -2.54. The highest BCUT2D eigenvalue weighted by Gasteiger charge is 2.43. The molecule has 0 bridgehead atoms. The van der Waals surface area contributed by atoms with E-state index >= 15 is 0 Å². The summed E-state index contributed by atoms with van der Waals surface area (Å²) in [5, 5.41) is 13.9. The number of carbonyl (C=O) groups is 3. The van der Waals surface area contributed by atoms with E-state index in [9.17, 15) is 19.5 Å². The highest BCUT2D eigenvalue weighted by atomic mass is 16.4. The second kappa shape index (κ2) is 7.42. The number of fused-ring (bicyclic) bond motifs is 2. The number of carboxylic acids is 1. The molecule has 144 valence electrons. The normalized spacial score (nSPS) is 25.6. The molecule has 28 heavy (non-hydrogen) atoms. The molecule has 0 aliphatic carbocycles. The molecule has 1 saturated heterocycles. The first-order valence-electron chi connectivity index (χ1n) is 9.41. The largest absolute Gasteiger partial charge is 0.480 e. The summed E-state index contributed by atoms with van der Waals surface area (Å²) >= 11 is 0. The summed E-state index contributed by atoms with van der Waals surface area (Å²) in [5.74, 6) is -1.78. The summed E-state index contributed by atoms with van der Waals surface area (Å²) in [5.41, 5.74) is 0.254. The Morgan fingerprint density at radius 2 is 1.89 bits per heavy atom. The van der Waals surface area contributed by atoms with E-state index < -0.39 is 24.0 Å². The van der Waals surface area contributed by atoms with Crippen LogP contribution in [-0.2, 0) is 9.59 Å². The molecule has 4 rings (SSSR count). The highest BCUT2D eigenvalue weighted by Crippen LogP contribution is 2.29. The molecule has 3 atom stereocenters. The van der Waals surface area contributed by atoms with Gasteiger partial charge in [0.05, 0.1) is 0 Å². The van der Waals surface area contributed by atoms with Crippen LogP contribution in [0.3, 0.4) is 0 Å². The topological polar surface area (TPSA) is 99.6 Å². The van der Waals surface area contributed by atoms with Gasteiger partial charge in [0, 0.05) is 17.6 Å². The Morgan fingerprint density at radius 1 is 1.11 bits per heavy atom. The fourth-order valence-corrected chi connectivity index (χ4v) is 4.10. The van der Waals surface area contributed by atoms with Gasteiger partial charge in [0.1, 0.15) is 17.8 Å². The van der Waals surface area contributed by atoms with Crippen molar-refractivity contribution < 1.29 is 19.5 Å². The van der Waals surface area contributed by atoms with Gasteiger partial charge in [0.15, 0.2) is 0 Å². The van der Waals surface area contributed by atoms with Crippen molar-refractivity contribution in [2.24, 2.45) is 0 Å². The Hall–Kier alpha value is -3.22. The van der Waals surface area contributed by atoms with Gasteiger partial charge < -0.3 is 15.3 Å². The van der Waals surface area contributed by atoms with Crippen LogP contribution in [0.4, 0.5) is 0 Å². The first-order valence-corrected chi connectivity index (χ1v) is 9.41. The van der Waals surface area contributed by atoms with E-state index in [1.165, 1.54) is 4.90 Å². The number of carboxylic acid groups (broad SMARTS) is 1. The van der Waals surface area contributed by atoms with Crippen LogP contribution in [-0.4, -0.2) is 50.9 Å². The zero-order chi connectivity index (χ0) is 19.7. The summed E-state index contributed by atoms with van der Waals surface area (Å²) < 4.78 is 0. The number of aliphatic carboxylic acids is 1. The molecule has 2 amide bonds. The molecule has 1 aromatic heterocycles. The Morgan fingerprint density at radius 3 is 2.71 bits per heavy atom. The van der Waals surface area contributed by atoms with Crippen molar-refractivity contribution in [3.63, 3.8) is 0 Å². The lowest BCUT2D eigenvalue weighted by molar-refractivity contribution is -0.150. The van der Waals surface area contributed by atoms with Crippen LogP contribution in [0.15, 0.2) is 48.7 Å². The number of nitrogens with zero attached hydrogens (tertiary/aromatic N) is 2. The zero-order valence-electron chi connectivity index (χ0n) is 15.2. The number of hydrogen-bond acceptors (Lipinski definition) is 4. The van der Waals surface area contributed by atoms with Gasteiger partial charge in [0.25, 0.3) is 5.91 Å². The van der Waals surface area contributed by atoms with Crippen LogP contribution < -0.4 is 5.32 Å². The van der Waals surface area contributed by atoms with Gasteiger partial charge in [-0.3, -0.25) is 14.6 Å². The molecular formula is C21H21N3O4. The van der Waals surface area contributed by atoms with Gasteiger partial charge >= 0.3 is 5.97 Å². The van der Waals surface area contributed by atoms with E-state index in [0.717, 1.165) is 5.39 Å². The molecule has 0 spiro atoms. The number of nitrogens with one attached hydrogen (secondary N) is 1. The van der Waals surface area contributed by atoms with Crippen molar-refractivity contribution >= 4 is 28.6 Å². The number of benzene rings is 1. The quantitative estimate of drug-likeness (QED) is 0.796. The maximum atomic E-state index is 13.1. The van der Waals surface area contributed by atoms with Crippen LogP contribution in [0, 0.1) is 0 Å². The predicted molar refractivity (Wildman–Crippen MR) is 103 cm³/mol. The molecule has 2 aliphatic heterocycles. The summed E-state index contributed by atoms with van der Waals surface area (Å²) in [6.45, 7) is 0. The standard InChI is InChI=1S/C21H21N3O4/c25-19(18-15-7-3-1-5-13(15)11-12-22-18)23-16-8-4-2-6-14-9-10-17(21(27)28)24(14)20(16)26/h1-5,7,11-12,14,16-17H,6,8-10H2,(H,23,25)(H,27,28)/b4-2-/t14-,16-,17-/m0/s1. The average Bonchev–Trinajstić information content (AvgIpc) is 3.11. The SMILES string of the molecule is O=C(N[C@H]1C/C=C\C[C@H]2CC[C@@H](C(=O)O)N2C1=O)c1nccc2ccccc12. The number of amides is 2. The molecule has 1 fully saturated rings. The minimum Gasteiger partial charge on any atom is -0.480 e. The lowest BCUT2D eigenvalue weighted by Gasteiger charge is -2.32. The van der Waals surface area contributed by atoms with Crippen molar-refractivity contribution in [1.29, 1.82) is 0 Å². The van der Waals surface area contributed by atoms with Crippen LogP contribution in [0.5, 0.6) is 0 Å². The highest BCUT2D eigenvalue weighted by molar-refractivity contribution is 6.06. The Bertz CT molecular complexity index is 966. The fourth-order valence-electron chi connectivity index (χ4n) is 4.10. The van der Waals surface area contributed by atoms with E-state index in [2.05, 4.69) is 10.3 Å². The number of aromatic nitrogens is 1. The first-order chi connectivity index (χ1) is 13.6. The van der Waals surface area contributed by atoms with Crippen LogP contribution in [0.25, 0.3) is 10.8 Å². The van der Waals surface area contributed by atoms with Crippen molar-refractivity contribution in [2.75, 3.05) is 0 Å². The predicted octanol–water partition coefficient (Wildman–Crippen LogP) is 2.13. The van der Waals surface area contributed by atoms with E-state index in [1.807, 2.05) is 42.5 Å². The smallest absolute Gasteiger partial charge is 0.326 e. The number of carbonyl (C=O) groups excluding carboxylic acids is 2. The van der Waals surface area contributed by atoms with Gasteiger partial charge in [-0.05, 0) is 37.1 Å². The summed E-state index contributed by atoms with van der Waals surface area (Å²) in [6.07, 6.45) is 7.46. The van der Waals surface area contributed by atoms with Gasteiger partial charge in [0.2, 0.25) is 5.91 Å². The molecule has 1 aromatic carbocycles. The van der Waals surface area contributed by atoms with Crippen molar-refractivity contribution in [1.82, 2.24) is 15.2 Å². The zero-order valence-corrected chi connectivity index (χ0v) is 15.2. The number of rotatable bonds is 3. The monoisotopic (exact) mass is 379 g/mol. The third kappa shape index (κ3) is 3.24. The van der Waals surface area contributed by atoms with E-state index in [0.29, 0.717) is 31.1 Å². The molecule has 2 aromatic rings. The number of hydrogen-bond donors (Lipinski definition) is 2. The van der Waals surface area contributed by atoms with E-state index in [-0.39, 0.29) is 17.6 Å². The van der Waals surface area contributed by atoms with E-state index in [1.54, 1.807) is 6.20 Å². The maximum Gasteiger partial charge on any atom is 0.326 e. The third-order valence-corrected chi connectivity index (χ3v) is 5.48. The van der Waals surface area contributed by atoms with Crippen molar-refractivity contribution in [3.8, 4) is 0 Å². The van der Waals surface area contributed by atoms with Gasteiger partial charge in [-0.15, -0.1) is 0 Å². The molecule has 2 N–H and O–H groups in total. The molecular weight excluding hydrogens is 358 g/mol. The lowest BCUT2D eigenvalue weighted by atomic mass is 10.0. The Labute approximate surface area is 162 Å². The van der Waals surface area contributed by atoms with E-state index in [4.69, 9.17) is 0 Å². The summed E-state index contributed by atoms with van der Waals surface area (Å²) in [7, 11) is 0. The molecule has 2 aliphatic rings. The van der Waals surface area contributed by atoms with Crippen molar-refractivity contribution in [2.45, 2.75) is 43.8 Å². The van der Waals surface area contributed by atoms with Crippen molar-refractivity contribution in [3.05, 3.63) is 54.4 Å². The molecule has 7 nitrogen and oxygen atoms in total. The van der Waals surface area contributed by atoms with Crippen LogP contribution in [0.1, 0.15) is 36.2 Å². The fraction of sp³-hybridized carbons (Fsp3) is 0.333. The first kappa shape index (κ1) is 18.2. The minimum absolute atomic E-state index is 0.139. The van der Waals surface area contributed by atoms with Gasteiger partial charge in [-0.2, -0.15) is 0 Å². The number of pyridine rings is 1. The van der Waals surface area contributed by atoms with Gasteiger partial charge in [-0.1, -0.05) is 36.4 Å². The second-order valence-electron chi connectivity index (χ2n) is 7.18. The summed E-state index contributed by atoms with van der Waals surface area (Å²) in [6, 6.07) is 7.45. The molecule has 0 unspecified atom stereocenters.